The van der Waals surface area contributed by atoms with Crippen molar-refractivity contribution in [3.8, 4) is 0 Å². The molecule has 3 rings (SSSR count). The summed E-state index contributed by atoms with van der Waals surface area (Å²) in [5.74, 6) is 0.868. The molecule has 0 saturated carbocycles. The van der Waals surface area contributed by atoms with Gasteiger partial charge in [-0.2, -0.15) is 0 Å². The normalized spacial score (nSPS) is 13.8. The van der Waals surface area contributed by atoms with E-state index in [9.17, 15) is 4.79 Å². The first-order valence-corrected chi connectivity index (χ1v) is 7.42. The summed E-state index contributed by atoms with van der Waals surface area (Å²) in [6.07, 6.45) is 2.67. The highest BCUT2D eigenvalue weighted by Crippen LogP contribution is 2.18. The van der Waals surface area contributed by atoms with Crippen molar-refractivity contribution < 1.29 is 9.21 Å². The Balaban J connectivity index is 1.79. The average Bonchev–Trinajstić information content (AvgIpc) is 3.04. The summed E-state index contributed by atoms with van der Waals surface area (Å²) in [5.41, 5.74) is 3.34. The van der Waals surface area contributed by atoms with Crippen LogP contribution in [0, 0.1) is 0 Å². The average molecular weight is 284 g/mol. The van der Waals surface area contributed by atoms with E-state index in [1.165, 1.54) is 11.1 Å². The first-order valence-electron chi connectivity index (χ1n) is 7.42. The molecule has 0 aliphatic carbocycles. The van der Waals surface area contributed by atoms with E-state index in [0.29, 0.717) is 13.1 Å². The maximum Gasteiger partial charge on any atom is 0.254 e. The third-order valence-electron chi connectivity index (χ3n) is 3.94. The van der Waals surface area contributed by atoms with Gasteiger partial charge in [-0.05, 0) is 55.3 Å². The summed E-state index contributed by atoms with van der Waals surface area (Å²) in [6, 6.07) is 9.79. The van der Waals surface area contributed by atoms with Crippen LogP contribution in [0.3, 0.4) is 0 Å². The van der Waals surface area contributed by atoms with Gasteiger partial charge in [0.1, 0.15) is 5.76 Å². The van der Waals surface area contributed by atoms with Gasteiger partial charge in [-0.1, -0.05) is 6.07 Å². The third-order valence-corrected chi connectivity index (χ3v) is 3.94. The van der Waals surface area contributed by atoms with Crippen LogP contribution in [0.1, 0.15) is 34.2 Å². The van der Waals surface area contributed by atoms with Gasteiger partial charge in [0, 0.05) is 18.7 Å². The van der Waals surface area contributed by atoms with Crippen molar-refractivity contribution in [2.45, 2.75) is 26.4 Å². The van der Waals surface area contributed by atoms with Gasteiger partial charge in [-0.15, -0.1) is 0 Å². The minimum Gasteiger partial charge on any atom is -0.467 e. The number of rotatable bonds is 4. The van der Waals surface area contributed by atoms with Gasteiger partial charge in [-0.25, -0.2) is 0 Å². The fourth-order valence-electron chi connectivity index (χ4n) is 2.71. The molecule has 1 aliphatic rings. The molecule has 4 nitrogen and oxygen atoms in total. The summed E-state index contributed by atoms with van der Waals surface area (Å²) in [7, 11) is 0. The van der Waals surface area contributed by atoms with Gasteiger partial charge in [0.25, 0.3) is 5.91 Å². The standard InChI is InChI=1S/C17H20N2O2/c1-2-19(12-16-4-3-9-21-16)17(20)14-6-5-13-7-8-18-11-15(13)10-14/h3-6,9-10,18H,2,7-8,11-12H2,1H3. The Hall–Kier alpha value is -2.07. The van der Waals surface area contributed by atoms with Crippen LogP contribution in [0.15, 0.2) is 41.0 Å². The molecule has 0 bridgehead atoms. The van der Waals surface area contributed by atoms with E-state index in [-0.39, 0.29) is 5.91 Å². The van der Waals surface area contributed by atoms with Gasteiger partial charge in [0.2, 0.25) is 0 Å². The smallest absolute Gasteiger partial charge is 0.254 e. The second-order valence-electron chi connectivity index (χ2n) is 5.31. The van der Waals surface area contributed by atoms with Crippen LogP contribution in [-0.4, -0.2) is 23.9 Å². The second kappa shape index (κ2) is 6.14. The van der Waals surface area contributed by atoms with E-state index in [0.717, 1.165) is 30.8 Å². The molecule has 1 N–H and O–H groups in total. The van der Waals surface area contributed by atoms with E-state index >= 15 is 0 Å². The van der Waals surface area contributed by atoms with Gasteiger partial charge in [-0.3, -0.25) is 4.79 Å². The predicted molar refractivity (Wildman–Crippen MR) is 81.0 cm³/mol. The van der Waals surface area contributed by atoms with Crippen molar-refractivity contribution >= 4 is 5.91 Å². The topological polar surface area (TPSA) is 45.5 Å². The fraction of sp³-hybridized carbons (Fsp3) is 0.353. The fourth-order valence-corrected chi connectivity index (χ4v) is 2.71. The van der Waals surface area contributed by atoms with E-state index in [2.05, 4.69) is 11.4 Å². The summed E-state index contributed by atoms with van der Waals surface area (Å²) < 4.78 is 5.34. The third kappa shape index (κ3) is 3.00. The van der Waals surface area contributed by atoms with Crippen LogP contribution in [0.2, 0.25) is 0 Å². The zero-order chi connectivity index (χ0) is 14.7. The molecule has 1 aromatic carbocycles. The van der Waals surface area contributed by atoms with Crippen LogP contribution >= 0.6 is 0 Å². The zero-order valence-electron chi connectivity index (χ0n) is 12.3. The Morgan fingerprint density at radius 1 is 1.33 bits per heavy atom. The molecule has 0 radical (unpaired) electrons. The Labute approximate surface area is 124 Å². The quantitative estimate of drug-likeness (QED) is 0.938. The molecule has 0 atom stereocenters. The number of carbonyl (C=O) groups excluding carboxylic acids is 1. The molecule has 21 heavy (non-hydrogen) atoms. The lowest BCUT2D eigenvalue weighted by Gasteiger charge is -2.22. The Morgan fingerprint density at radius 2 is 2.24 bits per heavy atom. The van der Waals surface area contributed by atoms with Gasteiger partial charge < -0.3 is 14.6 Å². The molecular formula is C17H20N2O2. The molecule has 0 fully saturated rings. The number of amides is 1. The highest BCUT2D eigenvalue weighted by Gasteiger charge is 2.18. The lowest BCUT2D eigenvalue weighted by Crippen LogP contribution is -2.31. The van der Waals surface area contributed by atoms with Crippen molar-refractivity contribution in [2.75, 3.05) is 13.1 Å². The van der Waals surface area contributed by atoms with E-state index in [4.69, 9.17) is 4.42 Å². The lowest BCUT2D eigenvalue weighted by molar-refractivity contribution is 0.0741. The van der Waals surface area contributed by atoms with Crippen molar-refractivity contribution in [1.29, 1.82) is 0 Å². The van der Waals surface area contributed by atoms with E-state index in [1.54, 1.807) is 11.2 Å². The number of nitrogens with one attached hydrogen (secondary N) is 1. The van der Waals surface area contributed by atoms with Crippen molar-refractivity contribution in [2.24, 2.45) is 0 Å². The van der Waals surface area contributed by atoms with Crippen LogP contribution in [0.4, 0.5) is 0 Å². The van der Waals surface area contributed by atoms with Crippen molar-refractivity contribution in [3.63, 3.8) is 0 Å². The Morgan fingerprint density at radius 3 is 3.00 bits per heavy atom. The lowest BCUT2D eigenvalue weighted by atomic mass is 9.98. The largest absolute Gasteiger partial charge is 0.467 e. The van der Waals surface area contributed by atoms with E-state index < -0.39 is 0 Å². The van der Waals surface area contributed by atoms with Crippen molar-refractivity contribution in [3.05, 3.63) is 59.0 Å². The SMILES string of the molecule is CCN(Cc1ccco1)C(=O)c1ccc2c(c1)CNCC2. The van der Waals surface area contributed by atoms with Crippen LogP contribution < -0.4 is 5.32 Å². The van der Waals surface area contributed by atoms with Gasteiger partial charge in [0.05, 0.1) is 12.8 Å². The van der Waals surface area contributed by atoms with Crippen LogP contribution in [0.5, 0.6) is 0 Å². The molecule has 0 saturated heterocycles. The number of hydrogen-bond acceptors (Lipinski definition) is 3. The zero-order valence-corrected chi connectivity index (χ0v) is 12.3. The molecule has 1 aromatic heterocycles. The molecule has 0 unspecified atom stereocenters. The molecule has 2 aromatic rings. The van der Waals surface area contributed by atoms with E-state index in [1.807, 2.05) is 31.2 Å². The number of carbonyl (C=O) groups is 1. The minimum atomic E-state index is 0.0577. The highest BCUT2D eigenvalue weighted by molar-refractivity contribution is 5.94. The van der Waals surface area contributed by atoms with Crippen LogP contribution in [0.25, 0.3) is 0 Å². The first-order chi connectivity index (χ1) is 10.3. The number of furan rings is 1. The highest BCUT2D eigenvalue weighted by atomic mass is 16.3. The predicted octanol–water partition coefficient (Wildman–Crippen LogP) is 2.59. The number of benzene rings is 1. The molecule has 4 heteroatoms. The maximum atomic E-state index is 12.7. The summed E-state index contributed by atoms with van der Waals surface area (Å²) in [6.45, 7) is 5.02. The minimum absolute atomic E-state index is 0.0577. The summed E-state index contributed by atoms with van der Waals surface area (Å²) in [5, 5.41) is 3.35. The molecule has 2 heterocycles. The molecule has 110 valence electrons. The Kier molecular flexibility index (Phi) is 4.06. The maximum absolute atomic E-state index is 12.7. The Bertz CT molecular complexity index is 620. The molecule has 0 spiro atoms. The number of fused-ring (bicyclic) bond motifs is 1. The van der Waals surface area contributed by atoms with Crippen LogP contribution in [-0.2, 0) is 19.5 Å². The van der Waals surface area contributed by atoms with Crippen molar-refractivity contribution in [1.82, 2.24) is 10.2 Å². The first kappa shape index (κ1) is 13.9. The summed E-state index contributed by atoms with van der Waals surface area (Å²) >= 11 is 0. The molecule has 1 amide bonds. The monoisotopic (exact) mass is 284 g/mol. The molecule has 1 aliphatic heterocycles. The second-order valence-corrected chi connectivity index (χ2v) is 5.31. The number of hydrogen-bond donors (Lipinski definition) is 1. The summed E-state index contributed by atoms with van der Waals surface area (Å²) in [4.78, 5) is 14.5. The van der Waals surface area contributed by atoms with Gasteiger partial charge >= 0.3 is 0 Å². The number of nitrogens with zero attached hydrogens (tertiary/aromatic N) is 1. The van der Waals surface area contributed by atoms with Gasteiger partial charge in [0.15, 0.2) is 0 Å². The molecular weight excluding hydrogens is 264 g/mol.